The van der Waals surface area contributed by atoms with Gasteiger partial charge in [0.25, 0.3) is 0 Å². The highest BCUT2D eigenvalue weighted by atomic mass is 16.7. The van der Waals surface area contributed by atoms with Crippen molar-refractivity contribution in [3.05, 3.63) is 48.3 Å². The van der Waals surface area contributed by atoms with Gasteiger partial charge in [-0.15, -0.1) is 0 Å². The fourth-order valence-electron chi connectivity index (χ4n) is 1.70. The standard InChI is InChI=1S/C14H11N3O4/c18-14(21-16-8-11-3-1-2-6-15-11)17-10-4-5-12-13(7-10)20-9-19-12/h1-8H,9H2,(H,17,18). The summed E-state index contributed by atoms with van der Waals surface area (Å²) < 4.78 is 10.4. The lowest BCUT2D eigenvalue weighted by atomic mass is 10.3. The zero-order chi connectivity index (χ0) is 14.5. The maximum Gasteiger partial charge on any atom is 0.437 e. The molecule has 0 spiro atoms. The fourth-order valence-corrected chi connectivity index (χ4v) is 1.70. The Bertz CT molecular complexity index is 673. The third-order valence-corrected chi connectivity index (χ3v) is 2.63. The molecule has 2 heterocycles. The Morgan fingerprint density at radius 2 is 2.19 bits per heavy atom. The van der Waals surface area contributed by atoms with E-state index >= 15 is 0 Å². The highest BCUT2D eigenvalue weighted by molar-refractivity contribution is 5.86. The number of fused-ring (bicyclic) bond motifs is 1. The van der Waals surface area contributed by atoms with Crippen molar-refractivity contribution in [3.63, 3.8) is 0 Å². The van der Waals surface area contributed by atoms with Gasteiger partial charge in [-0.2, -0.15) is 0 Å². The first-order valence-corrected chi connectivity index (χ1v) is 6.13. The molecule has 0 fully saturated rings. The van der Waals surface area contributed by atoms with Gasteiger partial charge in [-0.1, -0.05) is 11.2 Å². The highest BCUT2D eigenvalue weighted by Gasteiger charge is 2.14. The van der Waals surface area contributed by atoms with Crippen molar-refractivity contribution in [1.29, 1.82) is 0 Å². The van der Waals surface area contributed by atoms with Crippen LogP contribution in [0.2, 0.25) is 0 Å². The maximum absolute atomic E-state index is 11.6. The van der Waals surface area contributed by atoms with Crippen LogP contribution < -0.4 is 14.8 Å². The van der Waals surface area contributed by atoms with Gasteiger partial charge in [0.2, 0.25) is 6.79 Å². The summed E-state index contributed by atoms with van der Waals surface area (Å²) in [5, 5.41) is 6.08. The minimum Gasteiger partial charge on any atom is -0.454 e. The molecule has 21 heavy (non-hydrogen) atoms. The topological polar surface area (TPSA) is 82.0 Å². The van der Waals surface area contributed by atoms with Crippen LogP contribution >= 0.6 is 0 Å². The van der Waals surface area contributed by atoms with E-state index in [1.807, 2.05) is 0 Å². The number of ether oxygens (including phenoxy) is 2. The molecular formula is C14H11N3O4. The summed E-state index contributed by atoms with van der Waals surface area (Å²) in [5.74, 6) is 1.21. The first-order valence-electron chi connectivity index (χ1n) is 6.13. The van der Waals surface area contributed by atoms with Gasteiger partial charge in [-0.3, -0.25) is 15.1 Å². The molecule has 1 N–H and O–H groups in total. The predicted octanol–water partition coefficient (Wildman–Crippen LogP) is 2.39. The number of carbonyl (C=O) groups is 1. The number of benzene rings is 1. The van der Waals surface area contributed by atoms with E-state index in [2.05, 4.69) is 20.3 Å². The number of carbonyl (C=O) groups excluding carboxylic acids is 1. The number of hydrogen-bond acceptors (Lipinski definition) is 6. The summed E-state index contributed by atoms with van der Waals surface area (Å²) in [6.45, 7) is 0.178. The minimum absolute atomic E-state index is 0.178. The van der Waals surface area contributed by atoms with Gasteiger partial charge in [-0.25, -0.2) is 4.79 Å². The summed E-state index contributed by atoms with van der Waals surface area (Å²) >= 11 is 0. The third-order valence-electron chi connectivity index (χ3n) is 2.63. The maximum atomic E-state index is 11.6. The van der Waals surface area contributed by atoms with Gasteiger partial charge < -0.3 is 9.47 Å². The number of pyridine rings is 1. The van der Waals surface area contributed by atoms with Gasteiger partial charge in [0.15, 0.2) is 11.5 Å². The first kappa shape index (κ1) is 12.9. The highest BCUT2D eigenvalue weighted by Crippen LogP contribution is 2.34. The van der Waals surface area contributed by atoms with Crippen LogP contribution in [0.15, 0.2) is 47.8 Å². The smallest absolute Gasteiger partial charge is 0.437 e. The van der Waals surface area contributed by atoms with Gasteiger partial charge in [0.05, 0.1) is 11.9 Å². The Hall–Kier alpha value is -3.09. The molecule has 0 unspecified atom stereocenters. The Kier molecular flexibility index (Phi) is 3.64. The average Bonchev–Trinajstić information content (AvgIpc) is 2.96. The molecule has 0 saturated heterocycles. The van der Waals surface area contributed by atoms with Crippen molar-refractivity contribution in [2.75, 3.05) is 12.1 Å². The summed E-state index contributed by atoms with van der Waals surface area (Å²) in [6.07, 6.45) is 2.26. The molecule has 3 rings (SSSR count). The lowest BCUT2D eigenvalue weighted by Crippen LogP contribution is -2.10. The summed E-state index contributed by atoms with van der Waals surface area (Å²) in [4.78, 5) is 20.2. The molecule has 1 aliphatic heterocycles. The summed E-state index contributed by atoms with van der Waals surface area (Å²) in [7, 11) is 0. The Morgan fingerprint density at radius 1 is 1.29 bits per heavy atom. The lowest BCUT2D eigenvalue weighted by Gasteiger charge is -2.03. The summed E-state index contributed by atoms with van der Waals surface area (Å²) in [5.41, 5.74) is 1.12. The molecule has 0 aliphatic carbocycles. The van der Waals surface area contributed by atoms with E-state index < -0.39 is 6.09 Å². The third kappa shape index (κ3) is 3.27. The van der Waals surface area contributed by atoms with E-state index in [0.29, 0.717) is 22.9 Å². The fraction of sp³-hybridized carbons (Fsp3) is 0.0714. The summed E-state index contributed by atoms with van der Waals surface area (Å²) in [6, 6.07) is 10.4. The quantitative estimate of drug-likeness (QED) is 0.532. The van der Waals surface area contributed by atoms with Crippen LogP contribution in [-0.2, 0) is 4.84 Å². The Balaban J connectivity index is 1.56. The molecular weight excluding hydrogens is 274 g/mol. The van der Waals surface area contributed by atoms with Crippen LogP contribution in [0.5, 0.6) is 11.5 Å². The number of nitrogens with one attached hydrogen (secondary N) is 1. The van der Waals surface area contributed by atoms with Crippen LogP contribution in [0.25, 0.3) is 0 Å². The molecule has 1 aliphatic rings. The molecule has 0 atom stereocenters. The zero-order valence-corrected chi connectivity index (χ0v) is 10.9. The van der Waals surface area contributed by atoms with Crippen LogP contribution in [0.1, 0.15) is 5.69 Å². The van der Waals surface area contributed by atoms with E-state index in [1.165, 1.54) is 6.21 Å². The second-order valence-electron chi connectivity index (χ2n) is 4.06. The molecule has 2 aromatic rings. The lowest BCUT2D eigenvalue weighted by molar-refractivity contribution is 0.167. The largest absolute Gasteiger partial charge is 0.454 e. The number of aromatic nitrogens is 1. The van der Waals surface area contributed by atoms with E-state index in [1.54, 1.807) is 42.6 Å². The first-order chi connectivity index (χ1) is 10.3. The van der Waals surface area contributed by atoms with E-state index in [-0.39, 0.29) is 6.79 Å². The average molecular weight is 285 g/mol. The molecule has 106 valence electrons. The second kappa shape index (κ2) is 5.91. The van der Waals surface area contributed by atoms with Gasteiger partial charge in [-0.05, 0) is 24.3 Å². The molecule has 0 saturated carbocycles. The SMILES string of the molecule is O=C(Nc1ccc2c(c1)OCO2)ON=Cc1ccccn1. The van der Waals surface area contributed by atoms with Gasteiger partial charge in [0.1, 0.15) is 0 Å². The Labute approximate surface area is 120 Å². The minimum atomic E-state index is -0.707. The number of oxime groups is 1. The number of nitrogens with zero attached hydrogens (tertiary/aromatic N) is 2. The molecule has 1 amide bonds. The zero-order valence-electron chi connectivity index (χ0n) is 10.9. The van der Waals surface area contributed by atoms with E-state index in [4.69, 9.17) is 9.47 Å². The molecule has 1 aromatic carbocycles. The predicted molar refractivity (Wildman–Crippen MR) is 74.5 cm³/mol. The van der Waals surface area contributed by atoms with Crippen LogP contribution in [0, 0.1) is 0 Å². The molecule has 0 radical (unpaired) electrons. The molecule has 7 heteroatoms. The van der Waals surface area contributed by atoms with Gasteiger partial charge >= 0.3 is 6.09 Å². The molecule has 0 bridgehead atoms. The number of anilines is 1. The van der Waals surface area contributed by atoms with Crippen molar-refractivity contribution < 1.29 is 19.1 Å². The van der Waals surface area contributed by atoms with Crippen molar-refractivity contribution in [3.8, 4) is 11.5 Å². The Morgan fingerprint density at radius 3 is 3.05 bits per heavy atom. The number of hydrogen-bond donors (Lipinski definition) is 1. The van der Waals surface area contributed by atoms with Gasteiger partial charge in [0, 0.05) is 18.0 Å². The van der Waals surface area contributed by atoms with Crippen molar-refractivity contribution >= 4 is 18.0 Å². The second-order valence-corrected chi connectivity index (χ2v) is 4.06. The van der Waals surface area contributed by atoms with Crippen molar-refractivity contribution in [1.82, 2.24) is 4.98 Å². The number of amides is 1. The normalized spacial score (nSPS) is 12.4. The van der Waals surface area contributed by atoms with Crippen molar-refractivity contribution in [2.24, 2.45) is 5.16 Å². The van der Waals surface area contributed by atoms with Crippen LogP contribution in [0.4, 0.5) is 10.5 Å². The van der Waals surface area contributed by atoms with E-state index in [9.17, 15) is 4.79 Å². The number of rotatable bonds is 3. The molecule has 7 nitrogen and oxygen atoms in total. The molecule has 1 aromatic heterocycles. The van der Waals surface area contributed by atoms with Crippen LogP contribution in [-0.4, -0.2) is 24.1 Å². The van der Waals surface area contributed by atoms with Crippen molar-refractivity contribution in [2.45, 2.75) is 0 Å². The monoisotopic (exact) mass is 285 g/mol. The van der Waals surface area contributed by atoms with E-state index in [0.717, 1.165) is 0 Å². The van der Waals surface area contributed by atoms with Crippen LogP contribution in [0.3, 0.4) is 0 Å².